The quantitative estimate of drug-likeness (QED) is 0.812. The molecule has 0 aliphatic heterocycles. The van der Waals surface area contributed by atoms with E-state index in [1.165, 1.54) is 11.3 Å². The van der Waals surface area contributed by atoms with Crippen LogP contribution in [0.25, 0.3) is 10.1 Å². The molecule has 0 spiro atoms. The lowest BCUT2D eigenvalue weighted by atomic mass is 10.2. The number of hydrogen-bond donors (Lipinski definition) is 0. The van der Waals surface area contributed by atoms with Gasteiger partial charge >= 0.3 is 0 Å². The van der Waals surface area contributed by atoms with Gasteiger partial charge in [0.1, 0.15) is 0 Å². The third kappa shape index (κ3) is 3.67. The first-order valence-electron chi connectivity index (χ1n) is 7.38. The van der Waals surface area contributed by atoms with E-state index in [2.05, 4.69) is 0 Å². The maximum atomic E-state index is 12.7. The highest BCUT2D eigenvalue weighted by atomic mass is 32.2. The predicted molar refractivity (Wildman–Crippen MR) is 92.3 cm³/mol. The van der Waals surface area contributed by atoms with Crippen LogP contribution in [-0.4, -0.2) is 43.3 Å². The lowest BCUT2D eigenvalue weighted by molar-refractivity contribution is 0.0724. The minimum absolute atomic E-state index is 0.00791. The van der Waals surface area contributed by atoms with Gasteiger partial charge in [0, 0.05) is 23.0 Å². The molecule has 1 aromatic heterocycles. The third-order valence-corrected chi connectivity index (χ3v) is 6.68. The molecule has 0 bridgehead atoms. The van der Waals surface area contributed by atoms with Gasteiger partial charge in [0.2, 0.25) is 0 Å². The average molecular weight is 339 g/mol. The molecule has 0 saturated carbocycles. The molecule has 1 atom stereocenters. The Morgan fingerprint density at radius 3 is 2.55 bits per heavy atom. The van der Waals surface area contributed by atoms with Crippen molar-refractivity contribution in [2.45, 2.75) is 26.8 Å². The molecule has 0 N–H and O–H groups in total. The van der Waals surface area contributed by atoms with Crippen molar-refractivity contribution in [2.75, 3.05) is 18.1 Å². The van der Waals surface area contributed by atoms with Crippen LogP contribution < -0.4 is 0 Å². The van der Waals surface area contributed by atoms with Crippen molar-refractivity contribution >= 4 is 37.2 Å². The van der Waals surface area contributed by atoms with Gasteiger partial charge in [-0.05, 0) is 31.4 Å². The van der Waals surface area contributed by atoms with Crippen molar-refractivity contribution in [3.8, 4) is 0 Å². The highest BCUT2D eigenvalue weighted by Gasteiger charge is 2.25. The van der Waals surface area contributed by atoms with Crippen LogP contribution in [0.4, 0.5) is 0 Å². The number of rotatable bonds is 6. The van der Waals surface area contributed by atoms with Gasteiger partial charge in [-0.2, -0.15) is 0 Å². The number of sulfone groups is 1. The number of benzene rings is 1. The van der Waals surface area contributed by atoms with E-state index in [0.717, 1.165) is 10.1 Å². The van der Waals surface area contributed by atoms with Crippen LogP contribution in [0, 0.1) is 0 Å². The van der Waals surface area contributed by atoms with Gasteiger partial charge in [0.15, 0.2) is 9.84 Å². The fourth-order valence-corrected chi connectivity index (χ4v) is 4.63. The first-order valence-corrected chi connectivity index (χ1v) is 10.0. The summed E-state index contributed by atoms with van der Waals surface area (Å²) in [7, 11) is -3.10. The standard InChI is InChI=1S/C16H21NO3S2/c1-4-17(12(3)11-22(19,20)5-2)16(18)15-10-13-8-6-7-9-14(13)21-15/h6-10,12H,4-5,11H2,1-3H3/t12-/m0/s1. The number of thiophene rings is 1. The van der Waals surface area contributed by atoms with E-state index in [1.54, 1.807) is 18.7 Å². The molecule has 22 heavy (non-hydrogen) atoms. The molecule has 4 nitrogen and oxygen atoms in total. The number of carbonyl (C=O) groups excluding carboxylic acids is 1. The minimum Gasteiger partial charge on any atom is -0.335 e. The van der Waals surface area contributed by atoms with Gasteiger partial charge in [-0.1, -0.05) is 25.1 Å². The molecular formula is C16H21NO3S2. The number of fused-ring (bicyclic) bond motifs is 1. The summed E-state index contributed by atoms with van der Waals surface area (Å²) in [4.78, 5) is 15.0. The van der Waals surface area contributed by atoms with Gasteiger partial charge in [-0.3, -0.25) is 4.79 Å². The van der Waals surface area contributed by atoms with Crippen LogP contribution in [0.3, 0.4) is 0 Å². The lowest BCUT2D eigenvalue weighted by Crippen LogP contribution is -2.42. The van der Waals surface area contributed by atoms with E-state index < -0.39 is 9.84 Å². The summed E-state index contributed by atoms with van der Waals surface area (Å²) in [6.07, 6.45) is 0. The lowest BCUT2D eigenvalue weighted by Gasteiger charge is -2.27. The summed E-state index contributed by atoms with van der Waals surface area (Å²) in [5.74, 6) is 0.0162. The zero-order chi connectivity index (χ0) is 16.3. The summed E-state index contributed by atoms with van der Waals surface area (Å²) in [5.41, 5.74) is 0. The average Bonchev–Trinajstić information content (AvgIpc) is 2.91. The maximum Gasteiger partial charge on any atom is 0.264 e. The molecule has 1 amide bonds. The zero-order valence-corrected chi connectivity index (χ0v) is 14.7. The molecule has 0 unspecified atom stereocenters. The van der Waals surface area contributed by atoms with Gasteiger partial charge in [-0.15, -0.1) is 11.3 Å². The van der Waals surface area contributed by atoms with E-state index in [4.69, 9.17) is 0 Å². The Morgan fingerprint density at radius 2 is 1.95 bits per heavy atom. The van der Waals surface area contributed by atoms with Crippen molar-refractivity contribution in [3.05, 3.63) is 35.2 Å². The minimum atomic E-state index is -3.10. The second-order valence-electron chi connectivity index (χ2n) is 5.29. The number of hydrogen-bond acceptors (Lipinski definition) is 4. The second-order valence-corrected chi connectivity index (χ2v) is 8.77. The molecule has 0 fully saturated rings. The fourth-order valence-electron chi connectivity index (χ4n) is 2.46. The fraction of sp³-hybridized carbons (Fsp3) is 0.438. The maximum absolute atomic E-state index is 12.7. The van der Waals surface area contributed by atoms with Gasteiger partial charge in [0.25, 0.3) is 5.91 Å². The number of amides is 1. The molecule has 0 aliphatic carbocycles. The monoisotopic (exact) mass is 339 g/mol. The first kappa shape index (κ1) is 17.0. The van der Waals surface area contributed by atoms with Crippen molar-refractivity contribution < 1.29 is 13.2 Å². The second kappa shape index (κ2) is 6.79. The van der Waals surface area contributed by atoms with Crippen LogP contribution in [0.15, 0.2) is 30.3 Å². The van der Waals surface area contributed by atoms with Gasteiger partial charge in [-0.25, -0.2) is 8.42 Å². The van der Waals surface area contributed by atoms with Crippen molar-refractivity contribution in [2.24, 2.45) is 0 Å². The topological polar surface area (TPSA) is 54.5 Å². The molecule has 2 aromatic rings. The summed E-state index contributed by atoms with van der Waals surface area (Å²) in [6, 6.07) is 9.40. The van der Waals surface area contributed by atoms with Crippen molar-refractivity contribution in [3.63, 3.8) is 0 Å². The molecule has 0 radical (unpaired) electrons. The van der Waals surface area contributed by atoms with Crippen LogP contribution in [0.2, 0.25) is 0 Å². The Hall–Kier alpha value is -1.40. The highest BCUT2D eigenvalue weighted by molar-refractivity contribution is 7.91. The summed E-state index contributed by atoms with van der Waals surface area (Å²) >= 11 is 1.45. The van der Waals surface area contributed by atoms with Crippen LogP contribution in [0.5, 0.6) is 0 Å². The van der Waals surface area contributed by atoms with Crippen molar-refractivity contribution in [1.29, 1.82) is 0 Å². The van der Waals surface area contributed by atoms with Crippen LogP contribution in [0.1, 0.15) is 30.4 Å². The molecule has 1 aromatic carbocycles. The summed E-state index contributed by atoms with van der Waals surface area (Å²) < 4.78 is 24.7. The molecular weight excluding hydrogens is 318 g/mol. The van der Waals surface area contributed by atoms with Crippen LogP contribution >= 0.6 is 11.3 Å². The van der Waals surface area contributed by atoms with E-state index in [0.29, 0.717) is 11.4 Å². The molecule has 1 heterocycles. The van der Waals surface area contributed by atoms with E-state index in [9.17, 15) is 13.2 Å². The van der Waals surface area contributed by atoms with E-state index in [1.807, 2.05) is 37.3 Å². The normalized spacial score (nSPS) is 13.2. The largest absolute Gasteiger partial charge is 0.335 e. The predicted octanol–water partition coefficient (Wildman–Crippen LogP) is 3.19. The molecule has 6 heteroatoms. The number of carbonyl (C=O) groups is 1. The molecule has 0 saturated heterocycles. The molecule has 120 valence electrons. The SMILES string of the molecule is CCN(C(=O)c1cc2ccccc2s1)[C@@H](C)CS(=O)(=O)CC. The number of nitrogens with zero attached hydrogens (tertiary/aromatic N) is 1. The Kier molecular flexibility index (Phi) is 5.24. The Labute approximate surface area is 135 Å². The Morgan fingerprint density at radius 1 is 1.27 bits per heavy atom. The smallest absolute Gasteiger partial charge is 0.264 e. The molecule has 0 aliphatic rings. The summed E-state index contributed by atoms with van der Waals surface area (Å²) in [6.45, 7) is 5.79. The molecule has 2 rings (SSSR count). The highest BCUT2D eigenvalue weighted by Crippen LogP contribution is 2.26. The first-order chi connectivity index (χ1) is 10.4. The van der Waals surface area contributed by atoms with Gasteiger partial charge in [0.05, 0.1) is 10.6 Å². The van der Waals surface area contributed by atoms with Gasteiger partial charge < -0.3 is 4.90 Å². The van der Waals surface area contributed by atoms with E-state index in [-0.39, 0.29) is 23.5 Å². The Balaban J connectivity index is 2.24. The third-order valence-electron chi connectivity index (χ3n) is 3.70. The Bertz CT molecular complexity index is 732. The van der Waals surface area contributed by atoms with E-state index >= 15 is 0 Å². The zero-order valence-electron chi connectivity index (χ0n) is 13.1. The summed E-state index contributed by atoms with van der Waals surface area (Å²) in [5, 5.41) is 1.04. The van der Waals surface area contributed by atoms with Crippen molar-refractivity contribution in [1.82, 2.24) is 4.90 Å². The van der Waals surface area contributed by atoms with Crippen LogP contribution in [-0.2, 0) is 9.84 Å².